The molecule has 1 atom stereocenters. The molecule has 1 aliphatic rings. The fourth-order valence-electron chi connectivity index (χ4n) is 2.52. The molecule has 1 fully saturated rings. The summed E-state index contributed by atoms with van der Waals surface area (Å²) in [6.07, 6.45) is -0.624. The van der Waals surface area contributed by atoms with Crippen LogP contribution in [0.4, 0.5) is 10.1 Å². The summed E-state index contributed by atoms with van der Waals surface area (Å²) in [7, 11) is 0. The van der Waals surface area contributed by atoms with Crippen molar-refractivity contribution in [1.82, 2.24) is 4.90 Å². The summed E-state index contributed by atoms with van der Waals surface area (Å²) in [5, 5.41) is 9.46. The van der Waals surface area contributed by atoms with E-state index in [4.69, 9.17) is 0 Å². The molecule has 1 aromatic rings. The Kier molecular flexibility index (Phi) is 4.42. The maximum absolute atomic E-state index is 14.1. The molecule has 106 valence electrons. The zero-order valence-corrected chi connectivity index (χ0v) is 11.9. The zero-order chi connectivity index (χ0) is 14.0. The highest BCUT2D eigenvalue weighted by molar-refractivity contribution is 5.50. The van der Waals surface area contributed by atoms with E-state index in [0.29, 0.717) is 17.3 Å². The second-order valence-electron chi connectivity index (χ2n) is 5.50. The predicted octanol–water partition coefficient (Wildman–Crippen LogP) is 2.41. The Labute approximate surface area is 114 Å². The Hall–Kier alpha value is -1.13. The van der Waals surface area contributed by atoms with Gasteiger partial charge in [0.05, 0.1) is 11.8 Å². The molecule has 0 aromatic heterocycles. The minimum atomic E-state index is -0.624. The molecule has 19 heavy (non-hydrogen) atoms. The molecule has 0 bridgehead atoms. The molecular formula is C15H23FN2O. The van der Waals surface area contributed by atoms with Crippen LogP contribution >= 0.6 is 0 Å². The Morgan fingerprint density at radius 1 is 1.11 bits per heavy atom. The fraction of sp³-hybridized carbons (Fsp3) is 0.600. The molecule has 4 heteroatoms. The SMILES string of the molecule is CC(C)N1CCN(c2ccc([C@@H](C)O)cc2F)CC1. The van der Waals surface area contributed by atoms with Crippen molar-refractivity contribution in [2.24, 2.45) is 0 Å². The van der Waals surface area contributed by atoms with Crippen LogP contribution in [0.15, 0.2) is 18.2 Å². The molecule has 2 rings (SSSR count). The molecule has 0 spiro atoms. The fourth-order valence-corrected chi connectivity index (χ4v) is 2.52. The minimum Gasteiger partial charge on any atom is -0.389 e. The third-order valence-corrected chi connectivity index (χ3v) is 3.84. The van der Waals surface area contributed by atoms with E-state index in [0.717, 1.165) is 26.2 Å². The van der Waals surface area contributed by atoms with E-state index in [1.165, 1.54) is 6.07 Å². The smallest absolute Gasteiger partial charge is 0.146 e. The quantitative estimate of drug-likeness (QED) is 0.910. The monoisotopic (exact) mass is 266 g/mol. The summed E-state index contributed by atoms with van der Waals surface area (Å²) in [5.41, 5.74) is 1.27. The molecule has 3 nitrogen and oxygen atoms in total. The summed E-state index contributed by atoms with van der Waals surface area (Å²) >= 11 is 0. The van der Waals surface area contributed by atoms with Crippen molar-refractivity contribution in [3.8, 4) is 0 Å². The molecule has 1 aromatic carbocycles. The number of aliphatic hydroxyl groups excluding tert-OH is 1. The topological polar surface area (TPSA) is 26.7 Å². The van der Waals surface area contributed by atoms with Crippen LogP contribution in [0.5, 0.6) is 0 Å². The average molecular weight is 266 g/mol. The molecule has 1 aliphatic heterocycles. The van der Waals surface area contributed by atoms with Gasteiger partial charge in [-0.15, -0.1) is 0 Å². The van der Waals surface area contributed by atoms with E-state index in [-0.39, 0.29) is 5.82 Å². The molecular weight excluding hydrogens is 243 g/mol. The summed E-state index contributed by atoms with van der Waals surface area (Å²) in [5.74, 6) is -0.239. The molecule has 1 saturated heterocycles. The number of halogens is 1. The van der Waals surface area contributed by atoms with Crippen molar-refractivity contribution in [3.63, 3.8) is 0 Å². The number of piperazine rings is 1. The Morgan fingerprint density at radius 3 is 2.21 bits per heavy atom. The van der Waals surface area contributed by atoms with Gasteiger partial charge in [0.15, 0.2) is 0 Å². The van der Waals surface area contributed by atoms with Gasteiger partial charge in [0.25, 0.3) is 0 Å². The van der Waals surface area contributed by atoms with Gasteiger partial charge in [-0.05, 0) is 38.5 Å². The maximum Gasteiger partial charge on any atom is 0.146 e. The standard InChI is InChI=1S/C15H23FN2O/c1-11(2)17-6-8-18(9-7-17)15-5-4-13(12(3)19)10-14(15)16/h4-5,10-12,19H,6-9H2,1-3H3/t12-/m1/s1. The number of nitrogens with zero attached hydrogens (tertiary/aromatic N) is 2. The third kappa shape index (κ3) is 3.25. The van der Waals surface area contributed by atoms with Crippen LogP contribution in [0.2, 0.25) is 0 Å². The third-order valence-electron chi connectivity index (χ3n) is 3.84. The Morgan fingerprint density at radius 2 is 1.74 bits per heavy atom. The lowest BCUT2D eigenvalue weighted by Crippen LogP contribution is -2.49. The van der Waals surface area contributed by atoms with E-state index >= 15 is 0 Å². The van der Waals surface area contributed by atoms with Crippen molar-refractivity contribution in [1.29, 1.82) is 0 Å². The van der Waals surface area contributed by atoms with Gasteiger partial charge in [-0.3, -0.25) is 4.90 Å². The largest absolute Gasteiger partial charge is 0.389 e. The van der Waals surface area contributed by atoms with E-state index in [9.17, 15) is 9.50 Å². The Bertz CT molecular complexity index is 426. The van der Waals surface area contributed by atoms with Crippen molar-refractivity contribution in [3.05, 3.63) is 29.6 Å². The number of anilines is 1. The summed E-state index contributed by atoms with van der Waals surface area (Å²) in [4.78, 5) is 4.48. The lowest BCUT2D eigenvalue weighted by atomic mass is 10.1. The molecule has 0 aliphatic carbocycles. The maximum atomic E-state index is 14.1. The second-order valence-corrected chi connectivity index (χ2v) is 5.50. The van der Waals surface area contributed by atoms with E-state index < -0.39 is 6.10 Å². The van der Waals surface area contributed by atoms with Crippen molar-refractivity contribution in [2.45, 2.75) is 32.9 Å². The average Bonchev–Trinajstić information content (AvgIpc) is 2.38. The van der Waals surface area contributed by atoms with Gasteiger partial charge in [0.2, 0.25) is 0 Å². The van der Waals surface area contributed by atoms with Crippen LogP contribution < -0.4 is 4.90 Å². The van der Waals surface area contributed by atoms with Crippen LogP contribution in [-0.2, 0) is 0 Å². The summed E-state index contributed by atoms with van der Waals surface area (Å²) in [6.45, 7) is 9.66. The number of aliphatic hydroxyl groups is 1. The number of rotatable bonds is 3. The van der Waals surface area contributed by atoms with Gasteiger partial charge >= 0.3 is 0 Å². The first-order chi connectivity index (χ1) is 8.99. The first-order valence-corrected chi connectivity index (χ1v) is 6.95. The first kappa shape index (κ1) is 14.3. The predicted molar refractivity (Wildman–Crippen MR) is 76.0 cm³/mol. The lowest BCUT2D eigenvalue weighted by molar-refractivity contribution is 0.198. The van der Waals surface area contributed by atoms with Crippen molar-refractivity contribution in [2.75, 3.05) is 31.1 Å². The van der Waals surface area contributed by atoms with Gasteiger partial charge < -0.3 is 10.0 Å². The highest BCUT2D eigenvalue weighted by Gasteiger charge is 2.21. The van der Waals surface area contributed by atoms with Crippen LogP contribution in [-0.4, -0.2) is 42.2 Å². The van der Waals surface area contributed by atoms with Crippen molar-refractivity contribution >= 4 is 5.69 Å². The molecule has 0 unspecified atom stereocenters. The molecule has 1 heterocycles. The van der Waals surface area contributed by atoms with E-state index in [2.05, 4.69) is 23.6 Å². The van der Waals surface area contributed by atoms with Crippen LogP contribution in [0.3, 0.4) is 0 Å². The van der Waals surface area contributed by atoms with Gasteiger partial charge in [-0.25, -0.2) is 4.39 Å². The van der Waals surface area contributed by atoms with Gasteiger partial charge in [-0.2, -0.15) is 0 Å². The summed E-state index contributed by atoms with van der Waals surface area (Å²) in [6, 6.07) is 5.57. The van der Waals surface area contributed by atoms with Crippen LogP contribution in [0.25, 0.3) is 0 Å². The molecule has 1 N–H and O–H groups in total. The highest BCUT2D eigenvalue weighted by Crippen LogP contribution is 2.24. The Balaban J connectivity index is 2.07. The van der Waals surface area contributed by atoms with Crippen molar-refractivity contribution < 1.29 is 9.50 Å². The van der Waals surface area contributed by atoms with Gasteiger partial charge in [0, 0.05) is 32.2 Å². The van der Waals surface area contributed by atoms with Gasteiger partial charge in [-0.1, -0.05) is 6.07 Å². The highest BCUT2D eigenvalue weighted by atomic mass is 19.1. The van der Waals surface area contributed by atoms with E-state index in [1.807, 2.05) is 0 Å². The second kappa shape index (κ2) is 5.88. The number of benzene rings is 1. The molecule has 0 radical (unpaired) electrons. The summed E-state index contributed by atoms with van der Waals surface area (Å²) < 4.78 is 14.1. The van der Waals surface area contributed by atoms with Crippen LogP contribution in [0, 0.1) is 5.82 Å². The van der Waals surface area contributed by atoms with Gasteiger partial charge in [0.1, 0.15) is 5.82 Å². The minimum absolute atomic E-state index is 0.239. The lowest BCUT2D eigenvalue weighted by Gasteiger charge is -2.38. The van der Waals surface area contributed by atoms with Crippen LogP contribution in [0.1, 0.15) is 32.4 Å². The number of hydrogen-bond donors (Lipinski definition) is 1. The molecule has 0 amide bonds. The number of hydrogen-bond acceptors (Lipinski definition) is 3. The molecule has 0 saturated carbocycles. The normalized spacial score (nSPS) is 18.9. The van der Waals surface area contributed by atoms with E-state index in [1.54, 1.807) is 19.1 Å². The zero-order valence-electron chi connectivity index (χ0n) is 11.9. The first-order valence-electron chi connectivity index (χ1n) is 6.95.